The highest BCUT2D eigenvalue weighted by Crippen LogP contribution is 2.10. The van der Waals surface area contributed by atoms with Gasteiger partial charge in [-0.15, -0.1) is 24.8 Å². The smallest absolute Gasteiger partial charge is 0.237 e. The number of amides is 1. The van der Waals surface area contributed by atoms with Crippen molar-refractivity contribution in [3.8, 4) is 0 Å². The number of nitrogens with one attached hydrogen (secondary N) is 1. The van der Waals surface area contributed by atoms with Crippen LogP contribution in [-0.2, 0) is 22.5 Å². The van der Waals surface area contributed by atoms with Crippen LogP contribution in [0.2, 0.25) is 0 Å². The van der Waals surface area contributed by atoms with Crippen molar-refractivity contribution in [2.24, 2.45) is 5.73 Å². The van der Waals surface area contributed by atoms with Crippen molar-refractivity contribution in [3.63, 3.8) is 0 Å². The fourth-order valence-corrected chi connectivity index (χ4v) is 3.20. The van der Waals surface area contributed by atoms with E-state index in [2.05, 4.69) is 34.5 Å². The van der Waals surface area contributed by atoms with E-state index in [0.717, 1.165) is 25.2 Å². The lowest BCUT2D eigenvalue weighted by molar-refractivity contribution is -0.123. The molecular weight excluding hydrogens is 397 g/mol. The normalized spacial score (nSPS) is 17.7. The molecule has 2 atom stereocenters. The minimum absolute atomic E-state index is 0. The third-order valence-electron chi connectivity index (χ3n) is 4.61. The second-order valence-electron chi connectivity index (χ2n) is 6.75. The van der Waals surface area contributed by atoms with Gasteiger partial charge in [0.15, 0.2) is 0 Å². The molecule has 0 saturated carbocycles. The maximum absolute atomic E-state index is 12.3. The molecule has 1 fully saturated rings. The van der Waals surface area contributed by atoms with E-state index in [-0.39, 0.29) is 36.8 Å². The van der Waals surface area contributed by atoms with Crippen molar-refractivity contribution in [1.29, 1.82) is 0 Å². The Balaban J connectivity index is 0.00000196. The predicted octanol–water partition coefficient (Wildman–Crippen LogP) is 2.42. The highest BCUT2D eigenvalue weighted by molar-refractivity contribution is 5.85. The molecule has 1 amide bonds. The van der Waals surface area contributed by atoms with Gasteiger partial charge in [-0.3, -0.25) is 9.69 Å². The van der Waals surface area contributed by atoms with Gasteiger partial charge in [-0.25, -0.2) is 0 Å². The number of carbonyl (C=O) groups is 1. The molecule has 3 N–H and O–H groups in total. The van der Waals surface area contributed by atoms with Gasteiger partial charge in [0.2, 0.25) is 5.91 Å². The molecule has 2 aromatic carbocycles. The molecule has 1 heterocycles. The lowest BCUT2D eigenvalue weighted by Crippen LogP contribution is -2.50. The van der Waals surface area contributed by atoms with E-state index >= 15 is 0 Å². The number of benzene rings is 2. The minimum Gasteiger partial charge on any atom is -0.374 e. The molecule has 5 nitrogen and oxygen atoms in total. The Hall–Kier alpha value is -1.63. The van der Waals surface area contributed by atoms with Gasteiger partial charge in [-0.1, -0.05) is 60.7 Å². The van der Waals surface area contributed by atoms with Crippen molar-refractivity contribution in [2.45, 2.75) is 25.1 Å². The first-order valence-corrected chi connectivity index (χ1v) is 9.16. The first-order chi connectivity index (χ1) is 12.7. The summed E-state index contributed by atoms with van der Waals surface area (Å²) in [6.45, 7) is 3.80. The lowest BCUT2D eigenvalue weighted by Gasteiger charge is -2.33. The maximum atomic E-state index is 12.3. The van der Waals surface area contributed by atoms with E-state index in [9.17, 15) is 4.79 Å². The number of nitrogens with two attached hydrogens (primary N) is 1. The van der Waals surface area contributed by atoms with Crippen LogP contribution in [0.4, 0.5) is 0 Å². The van der Waals surface area contributed by atoms with Gasteiger partial charge in [0, 0.05) is 26.2 Å². The Labute approximate surface area is 179 Å². The van der Waals surface area contributed by atoms with E-state index < -0.39 is 6.04 Å². The van der Waals surface area contributed by atoms with E-state index in [1.807, 2.05) is 36.4 Å². The SMILES string of the molecule is Cl.Cl.N[C@@H](Cc1ccccc1)C(=O)NCC1CN(Cc2ccccc2)CCO1. The molecule has 2 aromatic rings. The molecule has 1 aliphatic rings. The summed E-state index contributed by atoms with van der Waals surface area (Å²) in [6.07, 6.45) is 0.540. The monoisotopic (exact) mass is 425 g/mol. The molecule has 0 spiro atoms. The Bertz CT molecular complexity index is 689. The van der Waals surface area contributed by atoms with Gasteiger partial charge in [-0.05, 0) is 17.5 Å². The van der Waals surface area contributed by atoms with Crippen molar-refractivity contribution in [2.75, 3.05) is 26.2 Å². The van der Waals surface area contributed by atoms with Crippen LogP contribution in [0, 0.1) is 0 Å². The quantitative estimate of drug-likeness (QED) is 0.714. The summed E-state index contributed by atoms with van der Waals surface area (Å²) in [5.74, 6) is -0.127. The van der Waals surface area contributed by atoms with Gasteiger partial charge in [0.25, 0.3) is 0 Å². The van der Waals surface area contributed by atoms with E-state index in [1.165, 1.54) is 5.56 Å². The molecule has 0 aliphatic carbocycles. The molecule has 0 aromatic heterocycles. The average molecular weight is 426 g/mol. The molecule has 1 aliphatic heterocycles. The van der Waals surface area contributed by atoms with Crippen LogP contribution in [-0.4, -0.2) is 49.2 Å². The Morgan fingerprint density at radius 3 is 2.32 bits per heavy atom. The van der Waals surface area contributed by atoms with Crippen LogP contribution in [0.5, 0.6) is 0 Å². The summed E-state index contributed by atoms with van der Waals surface area (Å²) in [6, 6.07) is 19.7. The van der Waals surface area contributed by atoms with Gasteiger partial charge in [0.05, 0.1) is 18.8 Å². The third-order valence-corrected chi connectivity index (χ3v) is 4.61. The molecule has 0 radical (unpaired) electrons. The number of halogens is 2. The summed E-state index contributed by atoms with van der Waals surface area (Å²) in [5, 5.41) is 2.94. The van der Waals surface area contributed by atoms with E-state index in [4.69, 9.17) is 10.5 Å². The van der Waals surface area contributed by atoms with Crippen LogP contribution in [0.3, 0.4) is 0 Å². The largest absolute Gasteiger partial charge is 0.374 e. The molecule has 7 heteroatoms. The number of morpholine rings is 1. The van der Waals surface area contributed by atoms with E-state index in [1.54, 1.807) is 0 Å². The predicted molar refractivity (Wildman–Crippen MR) is 117 cm³/mol. The molecule has 28 heavy (non-hydrogen) atoms. The van der Waals surface area contributed by atoms with Crippen molar-refractivity contribution in [3.05, 3.63) is 71.8 Å². The number of hydrogen-bond acceptors (Lipinski definition) is 4. The number of ether oxygens (including phenoxy) is 1. The molecule has 1 unspecified atom stereocenters. The van der Waals surface area contributed by atoms with Crippen LogP contribution >= 0.6 is 24.8 Å². The molecular formula is C21H29Cl2N3O2. The second-order valence-corrected chi connectivity index (χ2v) is 6.75. The summed E-state index contributed by atoms with van der Waals surface area (Å²) in [5.41, 5.74) is 8.39. The summed E-state index contributed by atoms with van der Waals surface area (Å²) < 4.78 is 5.80. The number of rotatable bonds is 7. The Morgan fingerprint density at radius 1 is 1.07 bits per heavy atom. The highest BCUT2D eigenvalue weighted by Gasteiger charge is 2.22. The molecule has 0 bridgehead atoms. The minimum atomic E-state index is -0.540. The molecule has 154 valence electrons. The Morgan fingerprint density at radius 2 is 1.68 bits per heavy atom. The standard InChI is InChI=1S/C21H27N3O2.2ClH/c22-20(13-17-7-3-1-4-8-17)21(25)23-14-19-16-24(11-12-26-19)15-18-9-5-2-6-10-18;;/h1-10,19-20H,11-16,22H2,(H,23,25);2*1H/t19?,20-;;/m0../s1. The lowest BCUT2D eigenvalue weighted by atomic mass is 10.1. The van der Waals surface area contributed by atoms with Crippen LogP contribution in [0.25, 0.3) is 0 Å². The first kappa shape index (κ1) is 24.4. The summed E-state index contributed by atoms with van der Waals surface area (Å²) in [4.78, 5) is 14.6. The van der Waals surface area contributed by atoms with Crippen LogP contribution < -0.4 is 11.1 Å². The summed E-state index contributed by atoms with van der Waals surface area (Å²) >= 11 is 0. The van der Waals surface area contributed by atoms with E-state index in [0.29, 0.717) is 19.6 Å². The second kappa shape index (κ2) is 12.8. The topological polar surface area (TPSA) is 67.6 Å². The zero-order valence-corrected chi connectivity index (χ0v) is 17.5. The van der Waals surface area contributed by atoms with Gasteiger partial charge in [0.1, 0.15) is 0 Å². The molecule has 1 saturated heterocycles. The average Bonchev–Trinajstić information content (AvgIpc) is 2.68. The van der Waals surface area contributed by atoms with Gasteiger partial charge in [-0.2, -0.15) is 0 Å². The van der Waals surface area contributed by atoms with Crippen molar-refractivity contribution in [1.82, 2.24) is 10.2 Å². The summed E-state index contributed by atoms with van der Waals surface area (Å²) in [7, 11) is 0. The van der Waals surface area contributed by atoms with Crippen LogP contribution in [0.15, 0.2) is 60.7 Å². The third kappa shape index (κ3) is 7.78. The van der Waals surface area contributed by atoms with Crippen molar-refractivity contribution >= 4 is 30.7 Å². The number of carbonyl (C=O) groups excluding carboxylic acids is 1. The van der Waals surface area contributed by atoms with Gasteiger partial charge < -0.3 is 15.8 Å². The Kier molecular flexibility index (Phi) is 11.1. The first-order valence-electron chi connectivity index (χ1n) is 9.16. The zero-order valence-electron chi connectivity index (χ0n) is 15.8. The van der Waals surface area contributed by atoms with Crippen LogP contribution in [0.1, 0.15) is 11.1 Å². The fraction of sp³-hybridized carbons (Fsp3) is 0.381. The van der Waals surface area contributed by atoms with Crippen molar-refractivity contribution < 1.29 is 9.53 Å². The number of hydrogen-bond donors (Lipinski definition) is 2. The molecule has 3 rings (SSSR count). The zero-order chi connectivity index (χ0) is 18.2. The highest BCUT2D eigenvalue weighted by atomic mass is 35.5. The van der Waals surface area contributed by atoms with Gasteiger partial charge >= 0.3 is 0 Å². The number of nitrogens with zero attached hydrogens (tertiary/aromatic N) is 1. The maximum Gasteiger partial charge on any atom is 0.237 e. The fourth-order valence-electron chi connectivity index (χ4n) is 3.20.